The van der Waals surface area contributed by atoms with E-state index in [-0.39, 0.29) is 35.4 Å². The van der Waals surface area contributed by atoms with Crippen molar-refractivity contribution in [1.82, 2.24) is 14.3 Å². The van der Waals surface area contributed by atoms with Gasteiger partial charge >= 0.3 is 0 Å². The Labute approximate surface area is 162 Å². The highest BCUT2D eigenvalue weighted by Gasteiger charge is 2.32. The first kappa shape index (κ1) is 20.0. The standard InChI is InChI=1S/C18H19FN4O4S/c1-2-26-17-6-5-14(10-15(17)19)28(24,25)23-9-3-4-13(12-23)27-18-16(11-20)21-7-8-22-18/h5-8,10,13H,2-4,9,12H2,1H3. The van der Waals surface area contributed by atoms with Gasteiger partial charge in [-0.1, -0.05) is 0 Å². The lowest BCUT2D eigenvalue weighted by molar-refractivity contribution is 0.124. The smallest absolute Gasteiger partial charge is 0.251 e. The SMILES string of the molecule is CCOc1ccc(S(=O)(=O)N2CCCC(Oc3nccnc3C#N)C2)cc1F. The third kappa shape index (κ3) is 4.21. The van der Waals surface area contributed by atoms with Crippen LogP contribution >= 0.6 is 0 Å². The highest BCUT2D eigenvalue weighted by Crippen LogP contribution is 2.26. The maximum absolute atomic E-state index is 14.1. The second-order valence-corrected chi connectivity index (χ2v) is 8.03. The molecule has 0 amide bonds. The van der Waals surface area contributed by atoms with Crippen molar-refractivity contribution in [3.8, 4) is 17.7 Å². The summed E-state index contributed by atoms with van der Waals surface area (Å²) >= 11 is 0. The van der Waals surface area contributed by atoms with Crippen LogP contribution in [0.25, 0.3) is 0 Å². The molecule has 0 saturated carbocycles. The van der Waals surface area contributed by atoms with Crippen molar-refractivity contribution in [3.63, 3.8) is 0 Å². The Morgan fingerprint density at radius 3 is 2.86 bits per heavy atom. The lowest BCUT2D eigenvalue weighted by atomic mass is 10.1. The molecule has 1 atom stereocenters. The lowest BCUT2D eigenvalue weighted by Gasteiger charge is -2.31. The zero-order valence-electron chi connectivity index (χ0n) is 15.2. The van der Waals surface area contributed by atoms with E-state index in [4.69, 9.17) is 14.7 Å². The van der Waals surface area contributed by atoms with Crippen LogP contribution in [0.3, 0.4) is 0 Å². The normalized spacial score (nSPS) is 17.7. The molecule has 2 heterocycles. The Morgan fingerprint density at radius 2 is 2.14 bits per heavy atom. The summed E-state index contributed by atoms with van der Waals surface area (Å²) in [4.78, 5) is 7.72. The molecule has 1 fully saturated rings. The Hall–Kier alpha value is -2.77. The Morgan fingerprint density at radius 1 is 1.36 bits per heavy atom. The van der Waals surface area contributed by atoms with Crippen molar-refractivity contribution < 1.29 is 22.3 Å². The average molecular weight is 406 g/mol. The van der Waals surface area contributed by atoms with Crippen LogP contribution < -0.4 is 9.47 Å². The Kier molecular flexibility index (Phi) is 6.06. The van der Waals surface area contributed by atoms with Crippen molar-refractivity contribution in [2.45, 2.75) is 30.8 Å². The van der Waals surface area contributed by atoms with E-state index in [1.165, 1.54) is 28.8 Å². The van der Waals surface area contributed by atoms with Gasteiger partial charge in [-0.05, 0) is 38.0 Å². The van der Waals surface area contributed by atoms with Gasteiger partial charge in [0.2, 0.25) is 15.7 Å². The number of nitrogens with zero attached hydrogens (tertiary/aromatic N) is 4. The van der Waals surface area contributed by atoms with E-state index in [0.717, 1.165) is 6.07 Å². The number of rotatable bonds is 6. The Balaban J connectivity index is 1.77. The molecule has 0 N–H and O–H groups in total. The molecule has 2 aromatic rings. The predicted molar refractivity (Wildman–Crippen MR) is 96.7 cm³/mol. The van der Waals surface area contributed by atoms with Crippen LogP contribution in [0.2, 0.25) is 0 Å². The van der Waals surface area contributed by atoms with Crippen LogP contribution in [0, 0.1) is 17.1 Å². The monoisotopic (exact) mass is 406 g/mol. The average Bonchev–Trinajstić information content (AvgIpc) is 2.70. The minimum Gasteiger partial charge on any atom is -0.491 e. The van der Waals surface area contributed by atoms with Crippen LogP contribution in [0.15, 0.2) is 35.5 Å². The topological polar surface area (TPSA) is 105 Å². The summed E-state index contributed by atoms with van der Waals surface area (Å²) in [5, 5.41) is 9.08. The van der Waals surface area contributed by atoms with E-state index in [9.17, 15) is 12.8 Å². The molecule has 3 rings (SSSR count). The van der Waals surface area contributed by atoms with Crippen LogP contribution in [0.5, 0.6) is 11.6 Å². The molecule has 1 saturated heterocycles. The van der Waals surface area contributed by atoms with E-state index in [0.29, 0.717) is 19.4 Å². The summed E-state index contributed by atoms with van der Waals surface area (Å²) in [6.07, 6.45) is 3.45. The van der Waals surface area contributed by atoms with Crippen molar-refractivity contribution >= 4 is 10.0 Å². The van der Waals surface area contributed by atoms with Gasteiger partial charge in [0.1, 0.15) is 12.2 Å². The molecule has 0 radical (unpaired) electrons. The molecule has 1 aromatic heterocycles. The summed E-state index contributed by atoms with van der Waals surface area (Å²) in [7, 11) is -3.90. The van der Waals surface area contributed by atoms with Gasteiger partial charge in [0.05, 0.1) is 18.0 Å². The number of hydrogen-bond acceptors (Lipinski definition) is 7. The summed E-state index contributed by atoms with van der Waals surface area (Å²) in [5.41, 5.74) is 0.0380. The van der Waals surface area contributed by atoms with Crippen molar-refractivity contribution in [2.24, 2.45) is 0 Å². The molecule has 1 unspecified atom stereocenters. The summed E-state index contributed by atoms with van der Waals surface area (Å²) in [6, 6.07) is 5.48. The van der Waals surface area contributed by atoms with Gasteiger partial charge in [0.25, 0.3) is 5.88 Å². The number of nitriles is 1. The second kappa shape index (κ2) is 8.50. The largest absolute Gasteiger partial charge is 0.491 e. The van der Waals surface area contributed by atoms with E-state index in [2.05, 4.69) is 9.97 Å². The minimum atomic E-state index is -3.90. The molecule has 8 nitrogen and oxygen atoms in total. The fourth-order valence-electron chi connectivity index (χ4n) is 2.93. The van der Waals surface area contributed by atoms with Crippen molar-refractivity contribution in [1.29, 1.82) is 5.26 Å². The molecule has 0 aliphatic carbocycles. The fourth-order valence-corrected chi connectivity index (χ4v) is 4.45. The number of sulfonamides is 1. The van der Waals surface area contributed by atoms with Crippen molar-refractivity contribution in [3.05, 3.63) is 42.1 Å². The van der Waals surface area contributed by atoms with E-state index < -0.39 is 21.9 Å². The van der Waals surface area contributed by atoms with E-state index in [1.807, 2.05) is 6.07 Å². The molecule has 10 heteroatoms. The van der Waals surface area contributed by atoms with Crippen molar-refractivity contribution in [2.75, 3.05) is 19.7 Å². The van der Waals surface area contributed by atoms with Gasteiger partial charge in [-0.15, -0.1) is 0 Å². The summed E-state index contributed by atoms with van der Waals surface area (Å²) in [5.74, 6) is -0.652. The van der Waals surface area contributed by atoms with Gasteiger partial charge in [0, 0.05) is 18.9 Å². The molecular weight excluding hydrogens is 387 g/mol. The molecule has 148 valence electrons. The number of piperidine rings is 1. The van der Waals surface area contributed by atoms with Crippen LogP contribution in [-0.2, 0) is 10.0 Å². The first-order chi connectivity index (χ1) is 13.5. The minimum absolute atomic E-state index is 0.00740. The Bertz CT molecular complexity index is 993. The maximum atomic E-state index is 14.1. The quantitative estimate of drug-likeness (QED) is 0.723. The second-order valence-electron chi connectivity index (χ2n) is 6.09. The maximum Gasteiger partial charge on any atom is 0.251 e. The number of aromatic nitrogens is 2. The third-order valence-corrected chi connectivity index (χ3v) is 6.09. The van der Waals surface area contributed by atoms with Crippen LogP contribution in [0.1, 0.15) is 25.5 Å². The first-order valence-electron chi connectivity index (χ1n) is 8.76. The highest BCUT2D eigenvalue weighted by molar-refractivity contribution is 7.89. The third-order valence-electron chi connectivity index (χ3n) is 4.23. The number of halogens is 1. The zero-order chi connectivity index (χ0) is 20.1. The van der Waals surface area contributed by atoms with Gasteiger partial charge in [0.15, 0.2) is 11.6 Å². The highest BCUT2D eigenvalue weighted by atomic mass is 32.2. The first-order valence-corrected chi connectivity index (χ1v) is 10.2. The molecular formula is C18H19FN4O4S. The molecule has 0 spiro atoms. The van der Waals surface area contributed by atoms with E-state index >= 15 is 0 Å². The van der Waals surface area contributed by atoms with Gasteiger partial charge in [-0.2, -0.15) is 9.57 Å². The van der Waals surface area contributed by atoms with Gasteiger partial charge < -0.3 is 9.47 Å². The molecule has 1 aliphatic rings. The molecule has 1 aromatic carbocycles. The summed E-state index contributed by atoms with van der Waals surface area (Å²) in [6.45, 7) is 2.36. The van der Waals surface area contributed by atoms with Gasteiger partial charge in [-0.25, -0.2) is 22.8 Å². The van der Waals surface area contributed by atoms with E-state index in [1.54, 1.807) is 6.92 Å². The molecule has 28 heavy (non-hydrogen) atoms. The lowest BCUT2D eigenvalue weighted by Crippen LogP contribution is -2.44. The molecule has 0 bridgehead atoms. The fraction of sp³-hybridized carbons (Fsp3) is 0.389. The van der Waals surface area contributed by atoms with Gasteiger partial charge in [-0.3, -0.25) is 0 Å². The number of hydrogen-bond donors (Lipinski definition) is 0. The number of ether oxygens (including phenoxy) is 2. The van der Waals surface area contributed by atoms with Crippen LogP contribution in [-0.4, -0.2) is 48.5 Å². The summed E-state index contributed by atoms with van der Waals surface area (Å²) < 4.78 is 52.0. The number of benzene rings is 1. The predicted octanol–water partition coefficient (Wildman–Crippen LogP) is 2.12. The zero-order valence-corrected chi connectivity index (χ0v) is 16.0. The molecule has 1 aliphatic heterocycles. The van der Waals surface area contributed by atoms with Crippen LogP contribution in [0.4, 0.5) is 4.39 Å².